The summed E-state index contributed by atoms with van der Waals surface area (Å²) in [4.78, 5) is 19.1. The van der Waals surface area contributed by atoms with Crippen molar-refractivity contribution in [1.29, 1.82) is 5.41 Å². The highest BCUT2D eigenvalue weighted by Crippen LogP contribution is 2.33. The Kier molecular flexibility index (Phi) is 6.90. The number of fused-ring (bicyclic) bond motifs is 1. The molecule has 1 aromatic carbocycles. The van der Waals surface area contributed by atoms with E-state index in [9.17, 15) is 4.79 Å². The number of thioether (sulfide) groups is 1. The maximum atomic E-state index is 12.6. The fraction of sp³-hybridized carbons (Fsp3) is 0.500. The third kappa shape index (κ3) is 4.92. The number of rotatable bonds is 7. The number of carbonyl (C=O) groups is 1. The van der Waals surface area contributed by atoms with Crippen LogP contribution in [-0.4, -0.2) is 40.1 Å². The summed E-state index contributed by atoms with van der Waals surface area (Å²) in [6, 6.07) is 8.08. The van der Waals surface area contributed by atoms with Crippen molar-refractivity contribution in [2.75, 3.05) is 18.0 Å². The zero-order valence-electron chi connectivity index (χ0n) is 18.4. The molecule has 0 atom stereocenters. The Morgan fingerprint density at radius 2 is 1.87 bits per heavy atom. The summed E-state index contributed by atoms with van der Waals surface area (Å²) in [7, 11) is 0. The maximum absolute atomic E-state index is 12.6. The predicted molar refractivity (Wildman–Crippen MR) is 131 cm³/mol. The first kappa shape index (κ1) is 21.8. The van der Waals surface area contributed by atoms with Crippen LogP contribution >= 0.6 is 11.8 Å². The fourth-order valence-corrected chi connectivity index (χ4v) is 5.37. The smallest absolute Gasteiger partial charge is 0.283 e. The van der Waals surface area contributed by atoms with Crippen molar-refractivity contribution < 1.29 is 4.79 Å². The van der Waals surface area contributed by atoms with Gasteiger partial charge in [0, 0.05) is 18.8 Å². The average Bonchev–Trinajstić information content (AvgIpc) is 3.21. The van der Waals surface area contributed by atoms with Crippen LogP contribution in [0.4, 0.5) is 5.69 Å². The van der Waals surface area contributed by atoms with Crippen LogP contribution in [0.2, 0.25) is 0 Å². The quantitative estimate of drug-likeness (QED) is 0.571. The number of nitrogens with zero attached hydrogens (tertiary/aromatic N) is 4. The predicted octanol–water partition coefficient (Wildman–Crippen LogP) is 5.51. The van der Waals surface area contributed by atoms with Gasteiger partial charge in [0.05, 0.1) is 5.57 Å². The third-order valence-corrected chi connectivity index (χ3v) is 7.29. The summed E-state index contributed by atoms with van der Waals surface area (Å²) in [5.41, 5.74) is 2.33. The van der Waals surface area contributed by atoms with Crippen molar-refractivity contribution in [3.8, 4) is 0 Å². The molecule has 31 heavy (non-hydrogen) atoms. The second-order valence-electron chi connectivity index (χ2n) is 8.32. The van der Waals surface area contributed by atoms with Gasteiger partial charge in [0.25, 0.3) is 5.91 Å². The van der Waals surface area contributed by atoms with Crippen molar-refractivity contribution in [1.82, 2.24) is 5.01 Å². The molecule has 1 N–H and O–H groups in total. The monoisotopic (exact) mass is 437 g/mol. The van der Waals surface area contributed by atoms with E-state index in [1.807, 2.05) is 12.1 Å². The van der Waals surface area contributed by atoms with Gasteiger partial charge < -0.3 is 4.90 Å². The lowest BCUT2D eigenvalue weighted by Crippen LogP contribution is -2.35. The van der Waals surface area contributed by atoms with Crippen LogP contribution in [0.25, 0.3) is 6.08 Å². The highest BCUT2D eigenvalue weighted by molar-refractivity contribution is 8.26. The summed E-state index contributed by atoms with van der Waals surface area (Å²) in [6.07, 6.45) is 10.5. The van der Waals surface area contributed by atoms with Crippen LogP contribution in [0.1, 0.15) is 64.4 Å². The largest absolute Gasteiger partial charge is 0.372 e. The molecule has 3 aliphatic rings. The van der Waals surface area contributed by atoms with Crippen LogP contribution in [0, 0.1) is 11.3 Å². The number of hydrazone groups is 1. The summed E-state index contributed by atoms with van der Waals surface area (Å²) in [6.45, 7) is 6.17. The minimum Gasteiger partial charge on any atom is -0.372 e. The lowest BCUT2D eigenvalue weighted by Gasteiger charge is -2.21. The minimum absolute atomic E-state index is 0.114. The van der Waals surface area contributed by atoms with Gasteiger partial charge in [-0.1, -0.05) is 44.2 Å². The van der Waals surface area contributed by atoms with Gasteiger partial charge in [-0.15, -0.1) is 0 Å². The summed E-state index contributed by atoms with van der Waals surface area (Å²) in [5.74, 6) is 0.538. The molecule has 1 saturated carbocycles. The average molecular weight is 438 g/mol. The zero-order chi connectivity index (χ0) is 21.8. The SMILES string of the molecule is CCN(CC)c1ccc(/C=C2\C(=N)N3N=C(CCC4CCCCC4)SC3=NC2=O)cc1. The Morgan fingerprint density at radius 3 is 2.55 bits per heavy atom. The fourth-order valence-electron chi connectivity index (χ4n) is 4.47. The Bertz CT molecular complexity index is 924. The number of amides is 1. The van der Waals surface area contributed by atoms with E-state index in [-0.39, 0.29) is 17.3 Å². The first-order valence-corrected chi connectivity index (χ1v) is 12.2. The highest BCUT2D eigenvalue weighted by atomic mass is 32.2. The van der Waals surface area contributed by atoms with Gasteiger partial charge in [-0.05, 0) is 68.1 Å². The molecule has 0 spiro atoms. The molecule has 7 heteroatoms. The van der Waals surface area contributed by atoms with E-state index in [2.05, 4.69) is 41.0 Å². The van der Waals surface area contributed by atoms with Crippen molar-refractivity contribution in [3.05, 3.63) is 35.4 Å². The standard InChI is InChI=1S/C24H31N5OS/c1-3-28(4-2)19-13-10-18(11-14-19)16-20-22(25)29-24(26-23(20)30)31-21(27-29)15-12-17-8-6-5-7-9-17/h10-11,13-14,16-17,25H,3-9,12,15H2,1-2H3/b20-16+,25-22?. The Hall–Kier alpha value is -2.41. The lowest BCUT2D eigenvalue weighted by atomic mass is 9.86. The zero-order valence-corrected chi connectivity index (χ0v) is 19.2. The third-order valence-electron chi connectivity index (χ3n) is 6.32. The molecule has 4 rings (SSSR count). The number of benzene rings is 1. The summed E-state index contributed by atoms with van der Waals surface area (Å²) >= 11 is 1.44. The van der Waals surface area contributed by atoms with Gasteiger partial charge in [0.1, 0.15) is 5.04 Å². The minimum atomic E-state index is -0.361. The molecule has 0 saturated heterocycles. The molecule has 1 aromatic rings. The van der Waals surface area contributed by atoms with Gasteiger partial charge >= 0.3 is 0 Å². The normalized spacial score (nSPS) is 20.7. The molecule has 2 aliphatic heterocycles. The number of carbonyl (C=O) groups excluding carboxylic acids is 1. The summed E-state index contributed by atoms with van der Waals surface area (Å²) in [5, 5.41) is 16.2. The van der Waals surface area contributed by atoms with Gasteiger partial charge in [-0.25, -0.2) is 0 Å². The van der Waals surface area contributed by atoms with E-state index in [1.165, 1.54) is 48.9 Å². The lowest BCUT2D eigenvalue weighted by molar-refractivity contribution is -0.114. The van der Waals surface area contributed by atoms with Crippen LogP contribution in [0.5, 0.6) is 0 Å². The van der Waals surface area contributed by atoms with Crippen molar-refractivity contribution in [2.24, 2.45) is 16.0 Å². The Labute approximate surface area is 189 Å². The number of nitrogens with one attached hydrogen (secondary N) is 1. The van der Waals surface area contributed by atoms with E-state index >= 15 is 0 Å². The second-order valence-corrected chi connectivity index (χ2v) is 9.36. The van der Waals surface area contributed by atoms with Crippen molar-refractivity contribution in [3.63, 3.8) is 0 Å². The van der Waals surface area contributed by atoms with Crippen molar-refractivity contribution >= 4 is 45.5 Å². The van der Waals surface area contributed by atoms with Crippen LogP contribution < -0.4 is 4.90 Å². The molecule has 0 unspecified atom stereocenters. The van der Waals surface area contributed by atoms with E-state index < -0.39 is 0 Å². The maximum Gasteiger partial charge on any atom is 0.283 e. The molecule has 2 heterocycles. The second kappa shape index (κ2) is 9.81. The van der Waals surface area contributed by atoms with Crippen LogP contribution in [0.3, 0.4) is 0 Å². The van der Waals surface area contributed by atoms with Gasteiger partial charge in [-0.3, -0.25) is 10.2 Å². The molecule has 1 aliphatic carbocycles. The van der Waals surface area contributed by atoms with Gasteiger partial charge in [0.15, 0.2) is 5.84 Å². The molecular weight excluding hydrogens is 406 g/mol. The molecular formula is C24H31N5OS. The van der Waals surface area contributed by atoms with Gasteiger partial charge in [0.2, 0.25) is 5.17 Å². The molecule has 0 bridgehead atoms. The molecule has 0 aromatic heterocycles. The van der Waals surface area contributed by atoms with E-state index in [0.717, 1.165) is 48.1 Å². The molecule has 164 valence electrons. The first-order valence-electron chi connectivity index (χ1n) is 11.4. The molecule has 6 nitrogen and oxygen atoms in total. The highest BCUT2D eigenvalue weighted by Gasteiger charge is 2.35. The Morgan fingerprint density at radius 1 is 1.16 bits per heavy atom. The van der Waals surface area contributed by atoms with E-state index in [4.69, 9.17) is 5.41 Å². The van der Waals surface area contributed by atoms with Gasteiger partial charge in [-0.2, -0.15) is 15.1 Å². The number of anilines is 1. The number of amidine groups is 2. The van der Waals surface area contributed by atoms with Crippen LogP contribution in [0.15, 0.2) is 39.9 Å². The summed E-state index contributed by atoms with van der Waals surface area (Å²) < 4.78 is 0. The Balaban J connectivity index is 1.46. The van der Waals surface area contributed by atoms with E-state index in [1.54, 1.807) is 6.08 Å². The van der Waals surface area contributed by atoms with E-state index in [0.29, 0.717) is 5.17 Å². The number of hydrogen-bond donors (Lipinski definition) is 1. The molecule has 0 radical (unpaired) electrons. The number of hydrogen-bond acceptors (Lipinski definition) is 5. The number of aliphatic imine (C=N–C) groups is 1. The molecule has 1 amide bonds. The first-order chi connectivity index (χ1) is 15.1. The topological polar surface area (TPSA) is 72.1 Å². The van der Waals surface area contributed by atoms with Crippen molar-refractivity contribution in [2.45, 2.75) is 58.8 Å². The molecule has 1 fully saturated rings. The van der Waals surface area contributed by atoms with Crippen LogP contribution in [-0.2, 0) is 4.79 Å².